The zero-order valence-electron chi connectivity index (χ0n) is 17.3. The van der Waals surface area contributed by atoms with Gasteiger partial charge in [0.2, 0.25) is 6.41 Å². The summed E-state index contributed by atoms with van der Waals surface area (Å²) in [7, 11) is 1.30. The van der Waals surface area contributed by atoms with E-state index in [9.17, 15) is 18.0 Å². The van der Waals surface area contributed by atoms with Crippen LogP contribution in [0.5, 0.6) is 0 Å². The summed E-state index contributed by atoms with van der Waals surface area (Å²) in [5.41, 5.74) is 0.831. The molecule has 0 unspecified atom stereocenters. The molecule has 2 heterocycles. The highest BCUT2D eigenvalue weighted by atomic mass is 32.1. The van der Waals surface area contributed by atoms with Crippen molar-refractivity contribution in [3.63, 3.8) is 0 Å². The maximum atomic E-state index is 12.5. The highest BCUT2D eigenvalue weighted by molar-refractivity contribution is 7.15. The van der Waals surface area contributed by atoms with E-state index in [2.05, 4.69) is 12.0 Å². The molecule has 1 aromatic carbocycles. The maximum Gasteiger partial charge on any atom is 0.433 e. The Bertz CT molecular complexity index is 919. The number of thiophene rings is 1. The monoisotopic (exact) mass is 437 g/mol. The van der Waals surface area contributed by atoms with Gasteiger partial charge in [-0.3, -0.25) is 9.48 Å². The Morgan fingerprint density at radius 2 is 1.87 bits per heavy atom. The molecule has 30 heavy (non-hydrogen) atoms. The van der Waals surface area contributed by atoms with Crippen LogP contribution in [0, 0.1) is 6.92 Å². The van der Waals surface area contributed by atoms with Crippen LogP contribution in [-0.4, -0.2) is 27.6 Å². The first-order valence-electron chi connectivity index (χ1n) is 9.66. The molecule has 0 aliphatic rings. The fourth-order valence-corrected chi connectivity index (χ4v) is 3.60. The van der Waals surface area contributed by atoms with Crippen molar-refractivity contribution in [3.05, 3.63) is 64.7 Å². The Balaban J connectivity index is 0.000000216. The minimum atomic E-state index is -4.35. The van der Waals surface area contributed by atoms with Crippen molar-refractivity contribution in [3.8, 4) is 10.6 Å². The fraction of sp³-hybridized carbons (Fsp3) is 0.364. The molecule has 0 aliphatic heterocycles. The van der Waals surface area contributed by atoms with E-state index in [1.54, 1.807) is 6.07 Å². The molecule has 3 aromatic rings. The Morgan fingerprint density at radius 3 is 2.37 bits per heavy atom. The molecule has 1 amide bonds. The van der Waals surface area contributed by atoms with Crippen LogP contribution in [0.15, 0.2) is 48.5 Å². The Hall–Kier alpha value is -2.61. The van der Waals surface area contributed by atoms with Crippen LogP contribution in [0.25, 0.3) is 10.6 Å². The summed E-state index contributed by atoms with van der Waals surface area (Å²) >= 11 is 1.43. The number of hydrogen-bond acceptors (Lipinski definition) is 3. The molecule has 0 bridgehead atoms. The lowest BCUT2D eigenvalue weighted by Gasteiger charge is -2.16. The lowest BCUT2D eigenvalue weighted by atomic mass is 10.2. The zero-order chi connectivity index (χ0) is 22.1. The highest BCUT2D eigenvalue weighted by Crippen LogP contribution is 2.33. The number of aryl methyl sites for hydroxylation is 2. The van der Waals surface area contributed by atoms with E-state index in [0.717, 1.165) is 52.8 Å². The van der Waals surface area contributed by atoms with Crippen molar-refractivity contribution in [2.45, 2.75) is 39.4 Å². The second-order valence-corrected chi connectivity index (χ2v) is 8.15. The van der Waals surface area contributed by atoms with Crippen molar-refractivity contribution in [1.29, 1.82) is 0 Å². The smallest absolute Gasteiger partial charge is 0.341 e. The molecule has 0 saturated carbocycles. The molecule has 162 valence electrons. The number of benzene rings is 1. The number of carbonyl (C=O) groups is 1. The highest BCUT2D eigenvalue weighted by Gasteiger charge is 2.35. The van der Waals surface area contributed by atoms with Gasteiger partial charge in [-0.05, 0) is 37.1 Å². The lowest BCUT2D eigenvalue weighted by Crippen LogP contribution is -2.22. The molecule has 0 radical (unpaired) electrons. The van der Waals surface area contributed by atoms with E-state index in [0.29, 0.717) is 5.69 Å². The quantitative estimate of drug-likeness (QED) is 0.430. The number of amides is 1. The second kappa shape index (κ2) is 11.0. The van der Waals surface area contributed by atoms with Gasteiger partial charge in [-0.15, -0.1) is 11.3 Å². The number of unbranched alkanes of at least 4 members (excludes halogenated alkanes) is 1. The number of aromatic nitrogens is 2. The molecule has 0 atom stereocenters. The predicted molar refractivity (Wildman–Crippen MR) is 114 cm³/mol. The van der Waals surface area contributed by atoms with E-state index in [4.69, 9.17) is 0 Å². The SMILES string of the molecule is CCCCN(C=O)Cc1ccccc1.Cc1ccc(-c2cc(C(F)(F)F)n(C)n2)s1. The first kappa shape index (κ1) is 23.7. The van der Waals surface area contributed by atoms with E-state index < -0.39 is 11.9 Å². The predicted octanol–water partition coefficient (Wildman–Crippen LogP) is 5.92. The fourth-order valence-electron chi connectivity index (χ4n) is 2.77. The molecule has 3 rings (SSSR count). The molecule has 0 saturated heterocycles. The summed E-state index contributed by atoms with van der Waals surface area (Å²) in [5.74, 6) is 0. The van der Waals surface area contributed by atoms with Gasteiger partial charge in [-0.1, -0.05) is 43.7 Å². The van der Waals surface area contributed by atoms with Crippen LogP contribution in [0.1, 0.15) is 35.9 Å². The van der Waals surface area contributed by atoms with Gasteiger partial charge in [0.1, 0.15) is 11.4 Å². The molecule has 0 N–H and O–H groups in total. The average Bonchev–Trinajstić information content (AvgIpc) is 3.32. The summed E-state index contributed by atoms with van der Waals surface area (Å²) < 4.78 is 38.4. The molecule has 2 aromatic heterocycles. The number of hydrogen-bond donors (Lipinski definition) is 0. The number of nitrogens with zero attached hydrogens (tertiary/aromatic N) is 3. The van der Waals surface area contributed by atoms with Gasteiger partial charge in [0.25, 0.3) is 0 Å². The van der Waals surface area contributed by atoms with Gasteiger partial charge < -0.3 is 4.90 Å². The molecular formula is C22H26F3N3OS. The van der Waals surface area contributed by atoms with Crippen LogP contribution >= 0.6 is 11.3 Å². The summed E-state index contributed by atoms with van der Waals surface area (Å²) in [6, 6.07) is 14.8. The van der Waals surface area contributed by atoms with Crippen molar-refractivity contribution in [2.24, 2.45) is 7.05 Å². The van der Waals surface area contributed by atoms with Crippen molar-refractivity contribution in [1.82, 2.24) is 14.7 Å². The molecule has 4 nitrogen and oxygen atoms in total. The normalized spacial score (nSPS) is 11.0. The zero-order valence-corrected chi connectivity index (χ0v) is 18.1. The van der Waals surface area contributed by atoms with Crippen LogP contribution < -0.4 is 0 Å². The standard InChI is InChI=1S/C12H17NO.C10H9F3N2S/c1-2-3-9-13(11-14)10-12-7-5-4-6-8-12;1-6-3-4-8(16-6)7-5-9(10(11,12)13)15(2)14-7/h4-8,11H,2-3,9-10H2,1H3;3-5H,1-2H3. The lowest BCUT2D eigenvalue weighted by molar-refractivity contribution is -0.143. The third-order valence-electron chi connectivity index (χ3n) is 4.34. The van der Waals surface area contributed by atoms with Crippen LogP contribution in [0.3, 0.4) is 0 Å². The molecule has 0 aliphatic carbocycles. The van der Waals surface area contributed by atoms with E-state index in [-0.39, 0.29) is 0 Å². The van der Waals surface area contributed by atoms with Crippen LogP contribution in [-0.2, 0) is 24.6 Å². The Kier molecular flexibility index (Phi) is 8.65. The van der Waals surface area contributed by atoms with E-state index >= 15 is 0 Å². The van der Waals surface area contributed by atoms with E-state index in [1.165, 1.54) is 23.9 Å². The van der Waals surface area contributed by atoms with Crippen LogP contribution in [0.2, 0.25) is 0 Å². The van der Waals surface area contributed by atoms with Gasteiger partial charge in [0.15, 0.2) is 0 Å². The average molecular weight is 438 g/mol. The second-order valence-electron chi connectivity index (χ2n) is 6.86. The minimum absolute atomic E-state index is 0.368. The molecular weight excluding hydrogens is 411 g/mol. The van der Waals surface area contributed by atoms with Gasteiger partial charge in [-0.2, -0.15) is 18.3 Å². The number of halogens is 3. The van der Waals surface area contributed by atoms with Gasteiger partial charge in [0.05, 0.1) is 4.88 Å². The molecule has 0 spiro atoms. The summed E-state index contributed by atoms with van der Waals surface area (Å²) in [5, 5.41) is 3.87. The molecule has 0 fully saturated rings. The third-order valence-corrected chi connectivity index (χ3v) is 5.36. The van der Waals surface area contributed by atoms with Crippen molar-refractivity contribution >= 4 is 17.7 Å². The maximum absolute atomic E-state index is 12.5. The third kappa shape index (κ3) is 7.02. The van der Waals surface area contributed by atoms with Crippen LogP contribution in [0.4, 0.5) is 13.2 Å². The molecule has 8 heteroatoms. The number of carbonyl (C=O) groups excluding carboxylic acids is 1. The number of rotatable bonds is 7. The summed E-state index contributed by atoms with van der Waals surface area (Å²) in [6.07, 6.45) is -1.22. The Morgan fingerprint density at radius 1 is 1.17 bits per heavy atom. The van der Waals surface area contributed by atoms with Gasteiger partial charge in [-0.25, -0.2) is 0 Å². The van der Waals surface area contributed by atoms with E-state index in [1.807, 2.05) is 48.2 Å². The topological polar surface area (TPSA) is 38.1 Å². The Labute approximate surface area is 179 Å². The number of alkyl halides is 3. The van der Waals surface area contributed by atoms with Gasteiger partial charge >= 0.3 is 6.18 Å². The first-order valence-corrected chi connectivity index (χ1v) is 10.5. The first-order chi connectivity index (χ1) is 14.2. The van der Waals surface area contributed by atoms with Crippen molar-refractivity contribution < 1.29 is 18.0 Å². The van der Waals surface area contributed by atoms with Crippen molar-refractivity contribution in [2.75, 3.05) is 6.54 Å². The summed E-state index contributed by atoms with van der Waals surface area (Å²) in [4.78, 5) is 14.4. The van der Waals surface area contributed by atoms with Gasteiger partial charge in [0, 0.05) is 25.0 Å². The largest absolute Gasteiger partial charge is 0.433 e. The minimum Gasteiger partial charge on any atom is -0.341 e. The summed E-state index contributed by atoms with van der Waals surface area (Å²) in [6.45, 7) is 5.62.